The van der Waals surface area contributed by atoms with E-state index in [0.717, 1.165) is 10.3 Å². The smallest absolute Gasteiger partial charge is 0.140 e. The van der Waals surface area contributed by atoms with Crippen LogP contribution < -0.4 is 5.32 Å². The molecule has 0 radical (unpaired) electrons. The van der Waals surface area contributed by atoms with Crippen LogP contribution >= 0.6 is 27.3 Å². The molecule has 0 amide bonds. The second-order valence-corrected chi connectivity index (χ2v) is 6.05. The molecule has 2 rings (SSSR count). The molecule has 0 aliphatic heterocycles. The van der Waals surface area contributed by atoms with Crippen molar-refractivity contribution < 1.29 is 0 Å². The number of aromatic nitrogens is 1. The monoisotopic (exact) mass is 310 g/mol. The molecule has 2 heterocycles. The van der Waals surface area contributed by atoms with Crippen molar-refractivity contribution in [1.82, 2.24) is 4.98 Å². The minimum Gasteiger partial charge on any atom is -0.361 e. The van der Waals surface area contributed by atoms with E-state index in [2.05, 4.69) is 57.6 Å². The van der Waals surface area contributed by atoms with Gasteiger partial charge in [0.2, 0.25) is 0 Å². The lowest BCUT2D eigenvalue weighted by Crippen LogP contribution is -2.16. The molecule has 1 atom stereocenters. The zero-order valence-corrected chi connectivity index (χ0v) is 12.3. The number of pyridine rings is 1. The summed E-state index contributed by atoms with van der Waals surface area (Å²) in [6.07, 6.45) is 1.80. The Morgan fingerprint density at radius 3 is 2.71 bits per heavy atom. The fourth-order valence-electron chi connectivity index (χ4n) is 1.67. The molecule has 90 valence electrons. The summed E-state index contributed by atoms with van der Waals surface area (Å²) >= 11 is 5.29. The molecule has 2 aromatic heterocycles. The second-order valence-electron chi connectivity index (χ2n) is 4.22. The SMILES string of the molecule is CC(C)C(Nc1ncccc1Br)c1cccs1. The first-order valence-electron chi connectivity index (χ1n) is 5.59. The van der Waals surface area contributed by atoms with Crippen LogP contribution in [0, 0.1) is 5.92 Å². The highest BCUT2D eigenvalue weighted by Crippen LogP contribution is 2.31. The van der Waals surface area contributed by atoms with Gasteiger partial charge in [0.25, 0.3) is 0 Å². The molecule has 2 nitrogen and oxygen atoms in total. The lowest BCUT2D eigenvalue weighted by Gasteiger charge is -2.22. The van der Waals surface area contributed by atoms with E-state index in [4.69, 9.17) is 0 Å². The van der Waals surface area contributed by atoms with Crippen molar-refractivity contribution in [3.05, 3.63) is 45.2 Å². The Morgan fingerprint density at radius 1 is 1.29 bits per heavy atom. The summed E-state index contributed by atoms with van der Waals surface area (Å²) in [6.45, 7) is 4.43. The molecule has 1 N–H and O–H groups in total. The van der Waals surface area contributed by atoms with Crippen LogP contribution in [0.5, 0.6) is 0 Å². The second kappa shape index (κ2) is 5.65. The standard InChI is InChI=1S/C13H15BrN2S/c1-9(2)12(11-6-4-8-17-11)16-13-10(14)5-3-7-15-13/h3-9,12H,1-2H3,(H,15,16). The third-order valence-electron chi connectivity index (χ3n) is 2.57. The van der Waals surface area contributed by atoms with Gasteiger partial charge in [0.15, 0.2) is 0 Å². The molecule has 0 saturated carbocycles. The topological polar surface area (TPSA) is 24.9 Å². The maximum absolute atomic E-state index is 4.36. The lowest BCUT2D eigenvalue weighted by molar-refractivity contribution is 0.552. The van der Waals surface area contributed by atoms with E-state index in [1.165, 1.54) is 4.88 Å². The number of nitrogens with one attached hydrogen (secondary N) is 1. The van der Waals surface area contributed by atoms with E-state index >= 15 is 0 Å². The molecule has 1 unspecified atom stereocenters. The number of nitrogens with zero attached hydrogens (tertiary/aromatic N) is 1. The van der Waals surface area contributed by atoms with Crippen LogP contribution in [0.4, 0.5) is 5.82 Å². The summed E-state index contributed by atoms with van der Waals surface area (Å²) in [4.78, 5) is 5.70. The Kier molecular flexibility index (Phi) is 4.18. The van der Waals surface area contributed by atoms with E-state index in [-0.39, 0.29) is 0 Å². The number of thiophene rings is 1. The fraction of sp³-hybridized carbons (Fsp3) is 0.308. The predicted octanol–water partition coefficient (Wildman–Crippen LogP) is 4.71. The van der Waals surface area contributed by atoms with Gasteiger partial charge in [-0.15, -0.1) is 11.3 Å². The first kappa shape index (κ1) is 12.6. The zero-order chi connectivity index (χ0) is 12.3. The van der Waals surface area contributed by atoms with Crippen molar-refractivity contribution in [2.24, 2.45) is 5.92 Å². The Labute approximate surface area is 114 Å². The van der Waals surface area contributed by atoms with E-state index in [1.807, 2.05) is 12.1 Å². The minimum absolute atomic E-state index is 0.307. The molecular formula is C13H15BrN2S. The van der Waals surface area contributed by atoms with E-state index in [1.54, 1.807) is 17.5 Å². The molecule has 17 heavy (non-hydrogen) atoms. The summed E-state index contributed by atoms with van der Waals surface area (Å²) in [6, 6.07) is 8.48. The molecule has 0 aromatic carbocycles. The van der Waals surface area contributed by atoms with Gasteiger partial charge in [-0.1, -0.05) is 19.9 Å². The molecule has 0 fully saturated rings. The Hall–Kier alpha value is -0.870. The first-order chi connectivity index (χ1) is 8.18. The van der Waals surface area contributed by atoms with Crippen LogP contribution in [0.25, 0.3) is 0 Å². The van der Waals surface area contributed by atoms with Crippen molar-refractivity contribution in [2.45, 2.75) is 19.9 Å². The van der Waals surface area contributed by atoms with Gasteiger partial charge >= 0.3 is 0 Å². The number of hydrogen-bond acceptors (Lipinski definition) is 3. The van der Waals surface area contributed by atoms with Gasteiger partial charge in [-0.25, -0.2) is 4.98 Å². The number of hydrogen-bond donors (Lipinski definition) is 1. The van der Waals surface area contributed by atoms with Gasteiger partial charge in [-0.2, -0.15) is 0 Å². The molecule has 0 saturated heterocycles. The number of halogens is 1. The van der Waals surface area contributed by atoms with E-state index in [0.29, 0.717) is 12.0 Å². The highest BCUT2D eigenvalue weighted by Gasteiger charge is 2.17. The average molecular weight is 311 g/mol. The normalized spacial score (nSPS) is 12.7. The molecule has 0 bridgehead atoms. The van der Waals surface area contributed by atoms with Gasteiger partial charge in [-0.05, 0) is 45.4 Å². The van der Waals surface area contributed by atoms with Gasteiger partial charge in [0.1, 0.15) is 5.82 Å². The summed E-state index contributed by atoms with van der Waals surface area (Å²) in [7, 11) is 0. The largest absolute Gasteiger partial charge is 0.361 e. The van der Waals surface area contributed by atoms with Crippen LogP contribution in [0.3, 0.4) is 0 Å². The third-order valence-corrected chi connectivity index (χ3v) is 4.16. The summed E-state index contributed by atoms with van der Waals surface area (Å²) < 4.78 is 1.00. The van der Waals surface area contributed by atoms with Crippen molar-refractivity contribution >= 4 is 33.1 Å². The minimum atomic E-state index is 0.307. The van der Waals surface area contributed by atoms with Crippen LogP contribution in [-0.4, -0.2) is 4.98 Å². The van der Waals surface area contributed by atoms with Crippen molar-refractivity contribution in [3.8, 4) is 0 Å². The van der Waals surface area contributed by atoms with E-state index < -0.39 is 0 Å². The molecule has 0 spiro atoms. The quantitative estimate of drug-likeness (QED) is 0.884. The Morgan fingerprint density at radius 2 is 2.12 bits per heavy atom. The van der Waals surface area contributed by atoms with Crippen molar-refractivity contribution in [2.75, 3.05) is 5.32 Å². The summed E-state index contributed by atoms with van der Waals surface area (Å²) in [5.74, 6) is 1.42. The van der Waals surface area contributed by atoms with Gasteiger partial charge in [0, 0.05) is 11.1 Å². The van der Waals surface area contributed by atoms with Crippen LogP contribution in [0.1, 0.15) is 24.8 Å². The van der Waals surface area contributed by atoms with Gasteiger partial charge < -0.3 is 5.32 Å². The summed E-state index contributed by atoms with van der Waals surface area (Å²) in [5.41, 5.74) is 0. The Balaban J connectivity index is 2.23. The zero-order valence-electron chi connectivity index (χ0n) is 9.85. The van der Waals surface area contributed by atoms with Gasteiger partial charge in [0.05, 0.1) is 10.5 Å². The van der Waals surface area contributed by atoms with Crippen LogP contribution in [0.2, 0.25) is 0 Å². The van der Waals surface area contributed by atoms with Crippen LogP contribution in [0.15, 0.2) is 40.3 Å². The maximum Gasteiger partial charge on any atom is 0.140 e. The summed E-state index contributed by atoms with van der Waals surface area (Å²) in [5, 5.41) is 5.61. The van der Waals surface area contributed by atoms with Crippen molar-refractivity contribution in [3.63, 3.8) is 0 Å². The first-order valence-corrected chi connectivity index (χ1v) is 7.26. The fourth-order valence-corrected chi connectivity index (χ4v) is 2.99. The van der Waals surface area contributed by atoms with E-state index in [9.17, 15) is 0 Å². The van der Waals surface area contributed by atoms with Crippen molar-refractivity contribution in [1.29, 1.82) is 0 Å². The van der Waals surface area contributed by atoms with Gasteiger partial charge in [-0.3, -0.25) is 0 Å². The predicted molar refractivity (Wildman–Crippen MR) is 77.5 cm³/mol. The molecule has 0 aliphatic rings. The maximum atomic E-state index is 4.36. The number of anilines is 1. The average Bonchev–Trinajstić information content (AvgIpc) is 2.81. The number of rotatable bonds is 4. The highest BCUT2D eigenvalue weighted by atomic mass is 79.9. The van der Waals surface area contributed by atoms with Crippen LogP contribution in [-0.2, 0) is 0 Å². The molecule has 2 aromatic rings. The highest BCUT2D eigenvalue weighted by molar-refractivity contribution is 9.10. The molecular weight excluding hydrogens is 296 g/mol. The molecule has 0 aliphatic carbocycles. The third kappa shape index (κ3) is 3.07. The lowest BCUT2D eigenvalue weighted by atomic mass is 10.0. The molecule has 4 heteroatoms. The Bertz CT molecular complexity index is 468.